The molecule has 194 valence electrons. The summed E-state index contributed by atoms with van der Waals surface area (Å²) in [5.74, 6) is -3.70. The fourth-order valence-electron chi connectivity index (χ4n) is 4.82. The molecule has 2 aromatic carbocycles. The van der Waals surface area contributed by atoms with Crippen LogP contribution in [0.1, 0.15) is 48.0 Å². The van der Waals surface area contributed by atoms with E-state index in [-0.39, 0.29) is 42.9 Å². The lowest BCUT2D eigenvalue weighted by molar-refractivity contribution is -0.132. The zero-order valence-corrected chi connectivity index (χ0v) is 20.6. The normalized spacial score (nSPS) is 23.3. The average molecular weight is 521 g/mol. The van der Waals surface area contributed by atoms with Crippen LogP contribution in [0.4, 0.5) is 8.78 Å². The number of hydrogen-bond acceptors (Lipinski definition) is 5. The van der Waals surface area contributed by atoms with Gasteiger partial charge in [-0.25, -0.2) is 17.2 Å². The van der Waals surface area contributed by atoms with Crippen LogP contribution >= 0.6 is 0 Å². The lowest BCUT2D eigenvalue weighted by Gasteiger charge is -2.42. The van der Waals surface area contributed by atoms with Gasteiger partial charge in [-0.05, 0) is 49.8 Å². The van der Waals surface area contributed by atoms with Crippen LogP contribution in [0.2, 0.25) is 0 Å². The van der Waals surface area contributed by atoms with E-state index in [9.17, 15) is 26.8 Å². The van der Waals surface area contributed by atoms with Crippen molar-refractivity contribution in [2.24, 2.45) is 5.73 Å². The van der Waals surface area contributed by atoms with Crippen LogP contribution in [0.25, 0.3) is 0 Å². The number of rotatable bonds is 6. The number of halogens is 2. The molecule has 2 aliphatic rings. The van der Waals surface area contributed by atoms with Gasteiger partial charge < -0.3 is 16.0 Å². The maximum Gasteiger partial charge on any atom is 0.259 e. The highest BCUT2D eigenvalue weighted by Gasteiger charge is 2.44. The molecule has 0 spiro atoms. The molecule has 0 aromatic heterocycles. The van der Waals surface area contributed by atoms with Gasteiger partial charge in [0.25, 0.3) is 11.8 Å². The van der Waals surface area contributed by atoms with Crippen LogP contribution in [0.15, 0.2) is 48.5 Å². The Bertz CT molecular complexity index is 1180. The summed E-state index contributed by atoms with van der Waals surface area (Å²) in [6, 6.07) is 10.8. The van der Waals surface area contributed by atoms with Crippen LogP contribution in [-0.4, -0.2) is 60.8 Å². The highest BCUT2D eigenvalue weighted by Crippen LogP contribution is 2.25. The van der Waals surface area contributed by atoms with Crippen LogP contribution in [0, 0.1) is 11.6 Å². The van der Waals surface area contributed by atoms with E-state index in [1.54, 1.807) is 30.3 Å². The Hall–Kier alpha value is -2.89. The van der Waals surface area contributed by atoms with Crippen molar-refractivity contribution >= 4 is 21.8 Å². The first-order chi connectivity index (χ1) is 17.1. The fourth-order valence-corrected chi connectivity index (χ4v) is 6.52. The SMILES string of the molecule is NC1CCC(NC(=O)C2N(C(=O)c3cc(F)cc(F)c3)CCCN2S(=O)(=O)Cc2ccccc2)CC1. The Morgan fingerprint density at radius 1 is 0.972 bits per heavy atom. The Balaban J connectivity index is 1.66. The van der Waals surface area contributed by atoms with Crippen molar-refractivity contribution < 1.29 is 26.8 Å². The summed E-state index contributed by atoms with van der Waals surface area (Å²) in [4.78, 5) is 28.0. The molecule has 2 aromatic rings. The van der Waals surface area contributed by atoms with Crippen molar-refractivity contribution in [2.75, 3.05) is 13.1 Å². The van der Waals surface area contributed by atoms with Gasteiger partial charge in [0.2, 0.25) is 10.0 Å². The number of carbonyl (C=O) groups excluding carboxylic acids is 2. The lowest BCUT2D eigenvalue weighted by atomic mass is 9.92. The largest absolute Gasteiger partial charge is 0.350 e. The standard InChI is InChI=1S/C25H30F2N4O4S/c26-19-13-18(14-20(27)15-19)25(33)30-11-4-12-31(36(34,35)16-17-5-2-1-3-6-17)24(30)23(32)29-22-9-7-21(28)8-10-22/h1-3,5-6,13-15,21-22,24H,4,7-12,16,28H2,(H,29,32). The molecule has 2 amide bonds. The van der Waals surface area contributed by atoms with Gasteiger partial charge in [0.15, 0.2) is 6.17 Å². The van der Waals surface area contributed by atoms with Gasteiger partial charge in [-0.2, -0.15) is 4.31 Å². The summed E-state index contributed by atoms with van der Waals surface area (Å²) in [5.41, 5.74) is 6.20. The van der Waals surface area contributed by atoms with Gasteiger partial charge in [-0.3, -0.25) is 9.59 Å². The van der Waals surface area contributed by atoms with Crippen molar-refractivity contribution in [3.8, 4) is 0 Å². The third kappa shape index (κ3) is 6.08. The van der Waals surface area contributed by atoms with Crippen molar-refractivity contribution in [3.63, 3.8) is 0 Å². The molecule has 1 saturated carbocycles. The third-order valence-electron chi connectivity index (χ3n) is 6.62. The molecule has 3 N–H and O–H groups in total. The minimum atomic E-state index is -4.03. The quantitative estimate of drug-likeness (QED) is 0.607. The highest BCUT2D eigenvalue weighted by molar-refractivity contribution is 7.88. The number of carbonyl (C=O) groups is 2. The predicted octanol–water partition coefficient (Wildman–Crippen LogP) is 2.35. The van der Waals surface area contributed by atoms with E-state index in [1.165, 1.54) is 0 Å². The number of nitrogens with one attached hydrogen (secondary N) is 1. The Labute approximate surface area is 209 Å². The summed E-state index contributed by atoms with van der Waals surface area (Å²) in [5, 5.41) is 2.89. The summed E-state index contributed by atoms with van der Waals surface area (Å²) >= 11 is 0. The summed E-state index contributed by atoms with van der Waals surface area (Å²) in [6.07, 6.45) is 1.49. The van der Waals surface area contributed by atoms with E-state index in [4.69, 9.17) is 5.73 Å². The van der Waals surface area contributed by atoms with Gasteiger partial charge in [0, 0.05) is 36.8 Å². The van der Waals surface area contributed by atoms with E-state index in [0.717, 1.165) is 34.2 Å². The Kier molecular flexibility index (Phi) is 8.01. The number of nitrogens with two attached hydrogens (primary N) is 1. The maximum absolute atomic E-state index is 13.9. The minimum absolute atomic E-state index is 0.0318. The fraction of sp³-hybridized carbons (Fsp3) is 0.440. The molecule has 4 rings (SSSR count). The molecule has 1 heterocycles. The van der Waals surface area contributed by atoms with Crippen LogP contribution in [-0.2, 0) is 20.6 Å². The smallest absolute Gasteiger partial charge is 0.259 e. The molecule has 0 bridgehead atoms. The Morgan fingerprint density at radius 2 is 1.61 bits per heavy atom. The molecule has 1 unspecified atom stereocenters. The Morgan fingerprint density at radius 3 is 2.25 bits per heavy atom. The number of amides is 2. The van der Waals surface area contributed by atoms with Gasteiger partial charge in [-0.1, -0.05) is 30.3 Å². The summed E-state index contributed by atoms with van der Waals surface area (Å²) in [6.45, 7) is 0.0893. The van der Waals surface area contributed by atoms with Crippen molar-refractivity contribution in [3.05, 3.63) is 71.3 Å². The van der Waals surface area contributed by atoms with E-state index in [1.807, 2.05) is 0 Å². The lowest BCUT2D eigenvalue weighted by Crippen LogP contribution is -2.64. The van der Waals surface area contributed by atoms with Gasteiger partial charge >= 0.3 is 0 Å². The molecule has 1 saturated heterocycles. The zero-order valence-electron chi connectivity index (χ0n) is 19.8. The van der Waals surface area contributed by atoms with E-state index < -0.39 is 39.6 Å². The molecule has 8 nitrogen and oxygen atoms in total. The zero-order chi connectivity index (χ0) is 25.9. The number of nitrogens with zero attached hydrogens (tertiary/aromatic N) is 2. The molecule has 2 fully saturated rings. The first-order valence-corrected chi connectivity index (χ1v) is 13.6. The van der Waals surface area contributed by atoms with Crippen molar-refractivity contribution in [2.45, 2.75) is 56.1 Å². The van der Waals surface area contributed by atoms with Crippen LogP contribution in [0.5, 0.6) is 0 Å². The monoisotopic (exact) mass is 520 g/mol. The second-order valence-electron chi connectivity index (χ2n) is 9.36. The van der Waals surface area contributed by atoms with Gasteiger partial charge in [0.1, 0.15) is 11.6 Å². The predicted molar refractivity (Wildman–Crippen MR) is 130 cm³/mol. The molecule has 11 heteroatoms. The van der Waals surface area contributed by atoms with E-state index >= 15 is 0 Å². The van der Waals surface area contributed by atoms with Crippen LogP contribution < -0.4 is 11.1 Å². The minimum Gasteiger partial charge on any atom is -0.350 e. The number of benzene rings is 2. The van der Waals surface area contributed by atoms with Crippen molar-refractivity contribution in [1.29, 1.82) is 0 Å². The van der Waals surface area contributed by atoms with Crippen molar-refractivity contribution in [1.82, 2.24) is 14.5 Å². The molecule has 1 aliphatic heterocycles. The third-order valence-corrected chi connectivity index (χ3v) is 8.41. The first kappa shape index (κ1) is 26.2. The first-order valence-electron chi connectivity index (χ1n) is 12.0. The molecule has 1 atom stereocenters. The highest BCUT2D eigenvalue weighted by atomic mass is 32.2. The molecule has 36 heavy (non-hydrogen) atoms. The van der Waals surface area contributed by atoms with Gasteiger partial charge in [-0.15, -0.1) is 0 Å². The molecular formula is C25H30F2N4O4S. The summed E-state index contributed by atoms with van der Waals surface area (Å²) in [7, 11) is -4.03. The molecule has 1 aliphatic carbocycles. The number of sulfonamides is 1. The topological polar surface area (TPSA) is 113 Å². The average Bonchev–Trinajstić information content (AvgIpc) is 2.84. The second kappa shape index (κ2) is 11.0. The van der Waals surface area contributed by atoms with E-state index in [2.05, 4.69) is 5.32 Å². The molecule has 0 radical (unpaired) electrons. The van der Waals surface area contributed by atoms with Crippen LogP contribution in [0.3, 0.4) is 0 Å². The van der Waals surface area contributed by atoms with E-state index in [0.29, 0.717) is 24.5 Å². The van der Waals surface area contributed by atoms with Gasteiger partial charge in [0.05, 0.1) is 5.75 Å². The molecular weight excluding hydrogens is 490 g/mol. The maximum atomic E-state index is 13.9. The number of hydrogen-bond donors (Lipinski definition) is 2. The summed E-state index contributed by atoms with van der Waals surface area (Å²) < 4.78 is 55.7. The second-order valence-corrected chi connectivity index (χ2v) is 11.3.